The Bertz CT molecular complexity index is 473. The van der Waals surface area contributed by atoms with Gasteiger partial charge in [-0.1, -0.05) is 13.8 Å². The number of hydrogen-bond donors (Lipinski definition) is 1. The van der Waals surface area contributed by atoms with Crippen molar-refractivity contribution in [3.8, 4) is 5.75 Å². The monoisotopic (exact) mass is 238 g/mol. The van der Waals surface area contributed by atoms with E-state index in [-0.39, 0.29) is 28.8 Å². The lowest BCUT2D eigenvalue weighted by Crippen LogP contribution is -2.19. The van der Waals surface area contributed by atoms with Gasteiger partial charge in [-0.3, -0.25) is 4.79 Å². The van der Waals surface area contributed by atoms with Crippen LogP contribution in [0.4, 0.5) is 0 Å². The Morgan fingerprint density at radius 2 is 2.06 bits per heavy atom. The summed E-state index contributed by atoms with van der Waals surface area (Å²) in [7, 11) is 0. The number of carbonyl (C=O) groups excluding carboxylic acids is 1. The van der Waals surface area contributed by atoms with Crippen LogP contribution in [0.15, 0.2) is 15.3 Å². The van der Waals surface area contributed by atoms with Crippen LogP contribution in [0.1, 0.15) is 44.4 Å². The van der Waals surface area contributed by atoms with Crippen LogP contribution in [0.25, 0.3) is 0 Å². The summed E-state index contributed by atoms with van der Waals surface area (Å²) < 4.78 is 5.03. The Labute approximate surface area is 100 Å². The SMILES string of the molecule is CC[C@@H](C)C(=O)[C@@H](C)c1cc(O)c(C)c(=O)o1. The summed E-state index contributed by atoms with van der Waals surface area (Å²) >= 11 is 0. The highest BCUT2D eigenvalue weighted by molar-refractivity contribution is 5.86. The van der Waals surface area contributed by atoms with E-state index in [2.05, 4.69) is 0 Å². The first-order valence-corrected chi connectivity index (χ1v) is 5.75. The van der Waals surface area contributed by atoms with Crippen LogP contribution < -0.4 is 5.63 Å². The van der Waals surface area contributed by atoms with E-state index in [1.165, 1.54) is 13.0 Å². The van der Waals surface area contributed by atoms with Crippen LogP contribution in [-0.2, 0) is 4.79 Å². The first-order chi connectivity index (χ1) is 7.88. The average Bonchev–Trinajstić information content (AvgIpc) is 2.32. The van der Waals surface area contributed by atoms with Gasteiger partial charge >= 0.3 is 5.63 Å². The minimum atomic E-state index is -0.594. The van der Waals surface area contributed by atoms with E-state index in [1.54, 1.807) is 6.92 Å². The Morgan fingerprint density at radius 1 is 1.47 bits per heavy atom. The molecule has 0 amide bonds. The van der Waals surface area contributed by atoms with E-state index in [1.807, 2.05) is 13.8 Å². The Morgan fingerprint density at radius 3 is 2.53 bits per heavy atom. The molecule has 0 aromatic carbocycles. The van der Waals surface area contributed by atoms with Gasteiger partial charge < -0.3 is 9.52 Å². The maximum absolute atomic E-state index is 11.9. The molecule has 1 heterocycles. The van der Waals surface area contributed by atoms with Gasteiger partial charge in [-0.2, -0.15) is 0 Å². The number of Topliss-reactive ketones (excluding diaryl/α,β-unsaturated/α-hetero) is 1. The molecule has 0 saturated heterocycles. The molecular formula is C13H18O4. The summed E-state index contributed by atoms with van der Waals surface area (Å²) in [6.45, 7) is 6.93. The topological polar surface area (TPSA) is 67.5 Å². The lowest BCUT2D eigenvalue weighted by molar-refractivity contribution is -0.123. The van der Waals surface area contributed by atoms with Crippen molar-refractivity contribution in [1.29, 1.82) is 0 Å². The maximum Gasteiger partial charge on any atom is 0.342 e. The predicted octanol–water partition coefficient (Wildman–Crippen LogP) is 2.37. The number of hydrogen-bond acceptors (Lipinski definition) is 4. The molecule has 4 heteroatoms. The maximum atomic E-state index is 11.9. The van der Waals surface area contributed by atoms with Crippen molar-refractivity contribution < 1.29 is 14.3 Å². The van der Waals surface area contributed by atoms with Crippen molar-refractivity contribution >= 4 is 5.78 Å². The molecule has 0 spiro atoms. The molecule has 17 heavy (non-hydrogen) atoms. The van der Waals surface area contributed by atoms with Crippen molar-refractivity contribution in [2.75, 3.05) is 0 Å². The van der Waals surface area contributed by atoms with Crippen molar-refractivity contribution in [1.82, 2.24) is 0 Å². The minimum absolute atomic E-state index is 0.0129. The van der Waals surface area contributed by atoms with Crippen LogP contribution in [0, 0.1) is 12.8 Å². The summed E-state index contributed by atoms with van der Waals surface area (Å²) in [5.74, 6) is -0.481. The van der Waals surface area contributed by atoms with Gasteiger partial charge in [-0.15, -0.1) is 0 Å². The van der Waals surface area contributed by atoms with Crippen molar-refractivity contribution in [3.63, 3.8) is 0 Å². The van der Waals surface area contributed by atoms with Crippen molar-refractivity contribution in [2.45, 2.75) is 40.0 Å². The van der Waals surface area contributed by atoms with Crippen LogP contribution >= 0.6 is 0 Å². The smallest absolute Gasteiger partial charge is 0.342 e. The molecule has 1 N–H and O–H groups in total. The fraction of sp³-hybridized carbons (Fsp3) is 0.538. The van der Waals surface area contributed by atoms with Crippen molar-refractivity contribution in [2.24, 2.45) is 5.92 Å². The molecular weight excluding hydrogens is 220 g/mol. The molecule has 1 rings (SSSR count). The molecule has 0 aliphatic carbocycles. The number of ketones is 1. The third-order valence-corrected chi connectivity index (χ3v) is 3.13. The van der Waals surface area contributed by atoms with Crippen molar-refractivity contribution in [3.05, 3.63) is 27.8 Å². The lowest BCUT2D eigenvalue weighted by Gasteiger charge is -2.14. The Kier molecular flexibility index (Phi) is 4.10. The highest BCUT2D eigenvalue weighted by Crippen LogP contribution is 2.24. The van der Waals surface area contributed by atoms with Gasteiger partial charge in [0.05, 0.1) is 11.5 Å². The Balaban J connectivity index is 3.09. The molecule has 1 aromatic rings. The Hall–Kier alpha value is -1.58. The van der Waals surface area contributed by atoms with Gasteiger partial charge in [0.25, 0.3) is 0 Å². The molecule has 0 radical (unpaired) electrons. The zero-order chi connectivity index (χ0) is 13.2. The third-order valence-electron chi connectivity index (χ3n) is 3.13. The number of aromatic hydroxyl groups is 1. The second-order valence-corrected chi connectivity index (χ2v) is 4.38. The van der Waals surface area contributed by atoms with E-state index >= 15 is 0 Å². The highest BCUT2D eigenvalue weighted by atomic mass is 16.4. The molecule has 0 aliphatic rings. The quantitative estimate of drug-likeness (QED) is 0.874. The first-order valence-electron chi connectivity index (χ1n) is 5.75. The second-order valence-electron chi connectivity index (χ2n) is 4.38. The summed E-state index contributed by atoms with van der Waals surface area (Å²) in [6.07, 6.45) is 0.741. The molecule has 1 aromatic heterocycles. The van der Waals surface area contributed by atoms with Gasteiger partial charge in [-0.25, -0.2) is 4.79 Å². The van der Waals surface area contributed by atoms with E-state index < -0.39 is 11.5 Å². The fourth-order valence-corrected chi connectivity index (χ4v) is 1.54. The molecule has 0 aliphatic heterocycles. The molecule has 0 fully saturated rings. The van der Waals surface area contributed by atoms with Crippen LogP contribution in [0.3, 0.4) is 0 Å². The van der Waals surface area contributed by atoms with Gasteiger partial charge in [0.2, 0.25) is 0 Å². The largest absolute Gasteiger partial charge is 0.507 e. The molecule has 94 valence electrons. The third kappa shape index (κ3) is 2.75. The molecule has 4 nitrogen and oxygen atoms in total. The molecule has 0 bridgehead atoms. The molecule has 2 atom stereocenters. The molecule has 0 saturated carbocycles. The van der Waals surface area contributed by atoms with Gasteiger partial charge in [0, 0.05) is 12.0 Å². The van der Waals surface area contributed by atoms with Crippen LogP contribution in [-0.4, -0.2) is 10.9 Å². The average molecular weight is 238 g/mol. The van der Waals surface area contributed by atoms with Gasteiger partial charge in [0.1, 0.15) is 17.3 Å². The van der Waals surface area contributed by atoms with Crippen LogP contribution in [0.2, 0.25) is 0 Å². The fourth-order valence-electron chi connectivity index (χ4n) is 1.54. The van der Waals surface area contributed by atoms with E-state index in [0.29, 0.717) is 0 Å². The standard InChI is InChI=1S/C13H18O4/c1-5-7(2)12(15)9(4)11-6-10(14)8(3)13(16)17-11/h6-7,9,14H,5H2,1-4H3/t7-,9+/m1/s1. The summed E-state index contributed by atoms with van der Waals surface area (Å²) in [6, 6.07) is 1.35. The van der Waals surface area contributed by atoms with Crippen LogP contribution in [0.5, 0.6) is 5.75 Å². The second kappa shape index (κ2) is 5.17. The van der Waals surface area contributed by atoms with E-state index in [4.69, 9.17) is 4.42 Å². The first kappa shape index (κ1) is 13.5. The highest BCUT2D eigenvalue weighted by Gasteiger charge is 2.23. The summed E-state index contributed by atoms with van der Waals surface area (Å²) in [5, 5.41) is 9.54. The molecule has 0 unspecified atom stereocenters. The lowest BCUT2D eigenvalue weighted by atomic mass is 9.91. The van der Waals surface area contributed by atoms with Gasteiger partial charge in [0.15, 0.2) is 0 Å². The summed E-state index contributed by atoms with van der Waals surface area (Å²) in [5.41, 5.74) is -0.430. The zero-order valence-electron chi connectivity index (χ0n) is 10.6. The zero-order valence-corrected chi connectivity index (χ0v) is 10.6. The van der Waals surface area contributed by atoms with Gasteiger partial charge in [-0.05, 0) is 20.3 Å². The summed E-state index contributed by atoms with van der Waals surface area (Å²) in [4.78, 5) is 23.3. The predicted molar refractivity (Wildman–Crippen MR) is 64.3 cm³/mol. The number of carbonyl (C=O) groups is 1. The normalized spacial score (nSPS) is 14.4. The number of rotatable bonds is 4. The minimum Gasteiger partial charge on any atom is -0.507 e. The van der Waals surface area contributed by atoms with E-state index in [0.717, 1.165) is 6.42 Å². The van der Waals surface area contributed by atoms with E-state index in [9.17, 15) is 14.7 Å².